The van der Waals surface area contributed by atoms with Crippen LogP contribution in [-0.4, -0.2) is 49.2 Å². The topological polar surface area (TPSA) is 63.7 Å². The van der Waals surface area contributed by atoms with Crippen molar-refractivity contribution in [3.05, 3.63) is 40.7 Å². The fourth-order valence-corrected chi connectivity index (χ4v) is 3.10. The molecule has 0 aliphatic carbocycles. The van der Waals surface area contributed by atoms with Gasteiger partial charge in [-0.2, -0.15) is 0 Å². The summed E-state index contributed by atoms with van der Waals surface area (Å²) in [6.07, 6.45) is 0. The van der Waals surface area contributed by atoms with Crippen LogP contribution in [0.4, 0.5) is 9.52 Å². The molecule has 1 aromatic heterocycles. The normalized spacial score (nSPS) is 15.2. The molecule has 1 fully saturated rings. The highest BCUT2D eigenvalue weighted by atomic mass is 32.1. The molecule has 1 aromatic carbocycles. The highest BCUT2D eigenvalue weighted by Crippen LogP contribution is 2.21. The van der Waals surface area contributed by atoms with Crippen molar-refractivity contribution in [3.63, 3.8) is 0 Å². The molecule has 0 bridgehead atoms. The summed E-state index contributed by atoms with van der Waals surface area (Å²) in [6.45, 7) is 3.95. The summed E-state index contributed by atoms with van der Waals surface area (Å²) in [4.78, 5) is 18.9. The Kier molecular flexibility index (Phi) is 5.39. The molecule has 8 heteroatoms. The quantitative estimate of drug-likeness (QED) is 0.896. The molecule has 0 unspecified atom stereocenters. The van der Waals surface area contributed by atoms with E-state index in [1.54, 1.807) is 0 Å². The number of amides is 1. The van der Waals surface area contributed by atoms with Crippen molar-refractivity contribution in [2.24, 2.45) is 0 Å². The summed E-state index contributed by atoms with van der Waals surface area (Å²) < 4.78 is 23.8. The summed E-state index contributed by atoms with van der Waals surface area (Å²) >= 11 is 1.35. The van der Waals surface area contributed by atoms with E-state index in [0.29, 0.717) is 5.13 Å². The first-order valence-electron chi connectivity index (χ1n) is 7.55. The number of rotatable bonds is 5. The van der Waals surface area contributed by atoms with Gasteiger partial charge in [-0.25, -0.2) is 9.37 Å². The SMILES string of the molecule is COc1ccc(C(=O)Nc2nc(CN3CCOCC3)cs2)cc1F. The number of halogens is 1. The maximum Gasteiger partial charge on any atom is 0.257 e. The Morgan fingerprint density at radius 3 is 2.96 bits per heavy atom. The lowest BCUT2D eigenvalue weighted by Gasteiger charge is -2.25. The summed E-state index contributed by atoms with van der Waals surface area (Å²) in [5.41, 5.74) is 1.12. The van der Waals surface area contributed by atoms with Gasteiger partial charge in [0.15, 0.2) is 16.7 Å². The van der Waals surface area contributed by atoms with Crippen LogP contribution in [0.25, 0.3) is 0 Å². The minimum absolute atomic E-state index is 0.105. The number of morpholine rings is 1. The van der Waals surface area contributed by atoms with E-state index < -0.39 is 11.7 Å². The Labute approximate surface area is 143 Å². The first kappa shape index (κ1) is 16.8. The molecule has 2 heterocycles. The maximum atomic E-state index is 13.7. The fourth-order valence-electron chi connectivity index (χ4n) is 2.40. The number of thiazole rings is 1. The third kappa shape index (κ3) is 4.08. The van der Waals surface area contributed by atoms with Crippen molar-refractivity contribution >= 4 is 22.4 Å². The van der Waals surface area contributed by atoms with Gasteiger partial charge in [0, 0.05) is 30.6 Å². The zero-order valence-corrected chi connectivity index (χ0v) is 14.1. The molecule has 0 spiro atoms. The molecule has 1 aliphatic heterocycles. The fraction of sp³-hybridized carbons (Fsp3) is 0.375. The van der Waals surface area contributed by atoms with Crippen molar-refractivity contribution in [2.75, 3.05) is 38.7 Å². The molecule has 2 aromatic rings. The molecule has 1 amide bonds. The average molecular weight is 351 g/mol. The van der Waals surface area contributed by atoms with E-state index in [1.165, 1.54) is 30.6 Å². The smallest absolute Gasteiger partial charge is 0.257 e. The van der Waals surface area contributed by atoms with E-state index in [0.717, 1.165) is 44.6 Å². The molecule has 1 N–H and O–H groups in total. The molecular formula is C16H18FN3O3S. The lowest BCUT2D eigenvalue weighted by atomic mass is 10.2. The van der Waals surface area contributed by atoms with E-state index in [-0.39, 0.29) is 11.3 Å². The second-order valence-corrected chi connectivity index (χ2v) is 6.19. The summed E-state index contributed by atoms with van der Waals surface area (Å²) in [5.74, 6) is -0.866. The number of methoxy groups -OCH3 is 1. The molecule has 3 rings (SSSR count). The van der Waals surface area contributed by atoms with Crippen LogP contribution in [0.2, 0.25) is 0 Å². The van der Waals surface area contributed by atoms with Crippen molar-refractivity contribution < 1.29 is 18.7 Å². The molecule has 24 heavy (non-hydrogen) atoms. The molecule has 0 radical (unpaired) electrons. The van der Waals surface area contributed by atoms with Crippen molar-refractivity contribution in [1.29, 1.82) is 0 Å². The van der Waals surface area contributed by atoms with Gasteiger partial charge in [0.25, 0.3) is 5.91 Å². The maximum absolute atomic E-state index is 13.7. The Balaban J connectivity index is 1.61. The van der Waals surface area contributed by atoms with Crippen LogP contribution < -0.4 is 10.1 Å². The minimum atomic E-state index is -0.572. The third-order valence-corrected chi connectivity index (χ3v) is 4.48. The summed E-state index contributed by atoms with van der Waals surface area (Å²) in [7, 11) is 1.38. The lowest BCUT2D eigenvalue weighted by Crippen LogP contribution is -2.35. The zero-order chi connectivity index (χ0) is 16.9. The standard InChI is InChI=1S/C16H18FN3O3S/c1-22-14-3-2-11(8-13(14)17)15(21)19-16-18-12(10-24-16)9-20-4-6-23-7-5-20/h2-3,8,10H,4-7,9H2,1H3,(H,18,19,21). The van der Waals surface area contributed by atoms with Crippen molar-refractivity contribution in [1.82, 2.24) is 9.88 Å². The number of hydrogen-bond acceptors (Lipinski definition) is 6. The number of carbonyl (C=O) groups is 1. The van der Waals surface area contributed by atoms with Crippen LogP contribution in [0.3, 0.4) is 0 Å². The number of anilines is 1. The number of aromatic nitrogens is 1. The van der Waals surface area contributed by atoms with Gasteiger partial charge in [0.2, 0.25) is 0 Å². The summed E-state index contributed by atoms with van der Waals surface area (Å²) in [6, 6.07) is 4.09. The van der Waals surface area contributed by atoms with Crippen LogP contribution in [0.15, 0.2) is 23.6 Å². The molecule has 1 saturated heterocycles. The van der Waals surface area contributed by atoms with Gasteiger partial charge >= 0.3 is 0 Å². The Morgan fingerprint density at radius 1 is 1.46 bits per heavy atom. The number of hydrogen-bond donors (Lipinski definition) is 1. The van der Waals surface area contributed by atoms with Crippen LogP contribution in [0, 0.1) is 5.82 Å². The Hall–Kier alpha value is -2.03. The minimum Gasteiger partial charge on any atom is -0.494 e. The summed E-state index contributed by atoms with van der Waals surface area (Å²) in [5, 5.41) is 5.11. The van der Waals surface area contributed by atoms with E-state index >= 15 is 0 Å². The van der Waals surface area contributed by atoms with E-state index in [4.69, 9.17) is 9.47 Å². The van der Waals surface area contributed by atoms with E-state index in [1.807, 2.05) is 5.38 Å². The monoisotopic (exact) mass is 351 g/mol. The Morgan fingerprint density at radius 2 is 2.25 bits per heavy atom. The van der Waals surface area contributed by atoms with Crippen LogP contribution in [0.1, 0.15) is 16.1 Å². The largest absolute Gasteiger partial charge is 0.494 e. The number of carbonyl (C=O) groups excluding carboxylic acids is 1. The predicted octanol–water partition coefficient (Wildman–Crippen LogP) is 2.38. The number of nitrogens with zero attached hydrogens (tertiary/aromatic N) is 2. The van der Waals surface area contributed by atoms with Crippen LogP contribution >= 0.6 is 11.3 Å². The van der Waals surface area contributed by atoms with Gasteiger partial charge in [-0.1, -0.05) is 0 Å². The lowest BCUT2D eigenvalue weighted by molar-refractivity contribution is 0.0337. The number of ether oxygens (including phenoxy) is 2. The molecule has 0 atom stereocenters. The molecule has 0 saturated carbocycles. The molecular weight excluding hydrogens is 333 g/mol. The Bertz CT molecular complexity index is 716. The average Bonchev–Trinajstić information content (AvgIpc) is 3.02. The second-order valence-electron chi connectivity index (χ2n) is 5.34. The first-order valence-corrected chi connectivity index (χ1v) is 8.43. The van der Waals surface area contributed by atoms with Crippen molar-refractivity contribution in [2.45, 2.75) is 6.54 Å². The molecule has 128 valence electrons. The van der Waals surface area contributed by atoms with E-state index in [9.17, 15) is 9.18 Å². The highest BCUT2D eigenvalue weighted by molar-refractivity contribution is 7.13. The molecule has 6 nitrogen and oxygen atoms in total. The first-order chi connectivity index (χ1) is 11.7. The number of benzene rings is 1. The predicted molar refractivity (Wildman–Crippen MR) is 89.1 cm³/mol. The van der Waals surface area contributed by atoms with Gasteiger partial charge in [0.05, 0.1) is 26.0 Å². The third-order valence-electron chi connectivity index (χ3n) is 3.68. The second kappa shape index (κ2) is 7.69. The van der Waals surface area contributed by atoms with Crippen LogP contribution in [-0.2, 0) is 11.3 Å². The molecule has 1 aliphatic rings. The van der Waals surface area contributed by atoms with Gasteiger partial charge < -0.3 is 9.47 Å². The number of nitrogens with one attached hydrogen (secondary N) is 1. The zero-order valence-electron chi connectivity index (χ0n) is 13.3. The van der Waals surface area contributed by atoms with E-state index in [2.05, 4.69) is 15.2 Å². The van der Waals surface area contributed by atoms with Gasteiger partial charge in [0.1, 0.15) is 0 Å². The van der Waals surface area contributed by atoms with Crippen LogP contribution in [0.5, 0.6) is 5.75 Å². The highest BCUT2D eigenvalue weighted by Gasteiger charge is 2.15. The van der Waals surface area contributed by atoms with Gasteiger partial charge in [-0.05, 0) is 18.2 Å². The van der Waals surface area contributed by atoms with Gasteiger partial charge in [-0.3, -0.25) is 15.0 Å². The van der Waals surface area contributed by atoms with Crippen molar-refractivity contribution in [3.8, 4) is 5.75 Å². The van der Waals surface area contributed by atoms with Gasteiger partial charge in [-0.15, -0.1) is 11.3 Å².